The van der Waals surface area contributed by atoms with Gasteiger partial charge < -0.3 is 9.88 Å². The molecule has 1 amide bonds. The van der Waals surface area contributed by atoms with Gasteiger partial charge in [-0.15, -0.1) is 11.3 Å². The molecule has 0 radical (unpaired) electrons. The summed E-state index contributed by atoms with van der Waals surface area (Å²) in [5.74, 6) is -0.208. The van der Waals surface area contributed by atoms with E-state index in [0.29, 0.717) is 24.0 Å². The van der Waals surface area contributed by atoms with Crippen LogP contribution in [0.25, 0.3) is 10.1 Å². The van der Waals surface area contributed by atoms with Gasteiger partial charge in [0.2, 0.25) is 0 Å². The van der Waals surface area contributed by atoms with Crippen molar-refractivity contribution in [2.24, 2.45) is 0 Å². The molecule has 0 aliphatic rings. The molecule has 0 atom stereocenters. The SMILES string of the molecule is CCn1ccc2sc(C)c(C(=O)NCc3ccccc3Br)c2c1=O. The van der Waals surface area contributed by atoms with Gasteiger partial charge in [-0.2, -0.15) is 0 Å². The Morgan fingerprint density at radius 1 is 1.29 bits per heavy atom. The van der Waals surface area contributed by atoms with Crippen molar-refractivity contribution in [3.8, 4) is 0 Å². The largest absolute Gasteiger partial charge is 0.348 e. The van der Waals surface area contributed by atoms with Crippen LogP contribution in [0.3, 0.4) is 0 Å². The van der Waals surface area contributed by atoms with Crippen molar-refractivity contribution in [2.45, 2.75) is 26.9 Å². The van der Waals surface area contributed by atoms with E-state index in [2.05, 4.69) is 21.2 Å². The van der Waals surface area contributed by atoms with E-state index in [4.69, 9.17) is 0 Å². The average Bonchev–Trinajstić information content (AvgIpc) is 2.91. The summed E-state index contributed by atoms with van der Waals surface area (Å²) in [6.45, 7) is 4.79. The van der Waals surface area contributed by atoms with Crippen molar-refractivity contribution in [3.05, 3.63) is 67.4 Å². The molecule has 0 unspecified atom stereocenters. The van der Waals surface area contributed by atoms with Gasteiger partial charge >= 0.3 is 0 Å². The minimum atomic E-state index is -0.208. The number of hydrogen-bond acceptors (Lipinski definition) is 3. The normalized spacial score (nSPS) is 11.0. The van der Waals surface area contributed by atoms with Crippen molar-refractivity contribution in [1.29, 1.82) is 0 Å². The quantitative estimate of drug-likeness (QED) is 0.711. The fourth-order valence-electron chi connectivity index (χ4n) is 2.69. The van der Waals surface area contributed by atoms with Gasteiger partial charge in [0, 0.05) is 33.3 Å². The van der Waals surface area contributed by atoms with Crippen molar-refractivity contribution in [3.63, 3.8) is 0 Å². The molecule has 1 aromatic carbocycles. The molecule has 24 heavy (non-hydrogen) atoms. The lowest BCUT2D eigenvalue weighted by Crippen LogP contribution is -2.26. The lowest BCUT2D eigenvalue weighted by Gasteiger charge is -2.08. The topological polar surface area (TPSA) is 51.1 Å². The van der Waals surface area contributed by atoms with Crippen LogP contribution in [0.1, 0.15) is 27.7 Å². The van der Waals surface area contributed by atoms with Crippen LogP contribution < -0.4 is 10.9 Å². The van der Waals surface area contributed by atoms with Gasteiger partial charge in [-0.3, -0.25) is 9.59 Å². The molecule has 6 heteroatoms. The number of aromatic nitrogens is 1. The van der Waals surface area contributed by atoms with Crippen LogP contribution in [-0.2, 0) is 13.1 Å². The number of nitrogens with zero attached hydrogens (tertiary/aromatic N) is 1. The molecule has 1 N–H and O–H groups in total. The maximum Gasteiger partial charge on any atom is 0.260 e. The third-order valence-corrected chi connectivity index (χ3v) is 5.80. The van der Waals surface area contributed by atoms with Crippen LogP contribution in [0.4, 0.5) is 0 Å². The number of amides is 1. The Kier molecular flexibility index (Phi) is 4.87. The van der Waals surface area contributed by atoms with Gasteiger partial charge in [0.1, 0.15) is 0 Å². The first-order valence-corrected chi connectivity index (χ1v) is 9.28. The Bertz CT molecular complexity index is 975. The molecule has 124 valence electrons. The summed E-state index contributed by atoms with van der Waals surface area (Å²) in [5.41, 5.74) is 1.38. The van der Waals surface area contributed by atoms with E-state index in [1.165, 1.54) is 11.3 Å². The molecular weight excluding hydrogens is 388 g/mol. The van der Waals surface area contributed by atoms with Gasteiger partial charge in [-0.25, -0.2) is 0 Å². The highest BCUT2D eigenvalue weighted by atomic mass is 79.9. The van der Waals surface area contributed by atoms with Crippen molar-refractivity contribution < 1.29 is 4.79 Å². The third-order valence-electron chi connectivity index (χ3n) is 3.96. The minimum Gasteiger partial charge on any atom is -0.348 e. The lowest BCUT2D eigenvalue weighted by molar-refractivity contribution is 0.0952. The van der Waals surface area contributed by atoms with E-state index in [1.54, 1.807) is 10.8 Å². The van der Waals surface area contributed by atoms with Gasteiger partial charge in [-0.1, -0.05) is 34.1 Å². The highest BCUT2D eigenvalue weighted by molar-refractivity contribution is 9.10. The van der Waals surface area contributed by atoms with Gasteiger partial charge in [0.05, 0.1) is 10.9 Å². The predicted octanol–water partition coefficient (Wildman–Crippen LogP) is 4.08. The summed E-state index contributed by atoms with van der Waals surface area (Å²) in [6, 6.07) is 9.65. The molecular formula is C18H17BrN2O2S. The van der Waals surface area contributed by atoms with Crippen molar-refractivity contribution in [2.75, 3.05) is 0 Å². The molecule has 0 aliphatic carbocycles. The third kappa shape index (κ3) is 3.03. The second-order valence-electron chi connectivity index (χ2n) is 5.45. The number of benzene rings is 1. The maximum atomic E-state index is 12.7. The number of nitrogens with one attached hydrogen (secondary N) is 1. The summed E-state index contributed by atoms with van der Waals surface area (Å²) in [6.07, 6.45) is 1.78. The number of aryl methyl sites for hydroxylation is 2. The smallest absolute Gasteiger partial charge is 0.260 e. The number of fused-ring (bicyclic) bond motifs is 1. The first kappa shape index (κ1) is 16.9. The second kappa shape index (κ2) is 6.91. The molecule has 2 aromatic heterocycles. The molecule has 0 fully saturated rings. The molecule has 0 spiro atoms. The number of hydrogen-bond donors (Lipinski definition) is 1. The number of carbonyl (C=O) groups excluding carboxylic acids is 1. The summed E-state index contributed by atoms with van der Waals surface area (Å²) < 4.78 is 3.43. The van der Waals surface area contributed by atoms with Gasteiger partial charge in [-0.05, 0) is 31.5 Å². The summed E-state index contributed by atoms with van der Waals surface area (Å²) in [5, 5.41) is 3.45. The summed E-state index contributed by atoms with van der Waals surface area (Å²) in [7, 11) is 0. The van der Waals surface area contributed by atoms with Crippen LogP contribution >= 0.6 is 27.3 Å². The number of pyridine rings is 1. The molecule has 3 rings (SSSR count). The Hall–Kier alpha value is -1.92. The summed E-state index contributed by atoms with van der Waals surface area (Å²) >= 11 is 4.96. The maximum absolute atomic E-state index is 12.7. The Balaban J connectivity index is 1.96. The number of halogens is 1. The highest BCUT2D eigenvalue weighted by Crippen LogP contribution is 2.28. The van der Waals surface area contributed by atoms with E-state index >= 15 is 0 Å². The first-order valence-electron chi connectivity index (χ1n) is 7.67. The number of thiophene rings is 1. The Morgan fingerprint density at radius 3 is 2.75 bits per heavy atom. The molecule has 0 bridgehead atoms. The van der Waals surface area contributed by atoms with E-state index < -0.39 is 0 Å². The zero-order chi connectivity index (χ0) is 17.3. The highest BCUT2D eigenvalue weighted by Gasteiger charge is 2.19. The van der Waals surface area contributed by atoms with E-state index in [9.17, 15) is 9.59 Å². The standard InChI is InChI=1S/C18H17BrN2O2S/c1-3-21-9-8-14-16(18(21)23)15(11(2)24-14)17(22)20-10-12-6-4-5-7-13(12)19/h4-9H,3,10H2,1-2H3,(H,20,22). The van der Waals surface area contributed by atoms with E-state index in [-0.39, 0.29) is 11.5 Å². The van der Waals surface area contributed by atoms with Crippen LogP contribution in [0.15, 0.2) is 45.8 Å². The predicted molar refractivity (Wildman–Crippen MR) is 102 cm³/mol. The fraction of sp³-hybridized carbons (Fsp3) is 0.222. The molecule has 0 saturated heterocycles. The van der Waals surface area contributed by atoms with E-state index in [1.807, 2.05) is 44.2 Å². The van der Waals surface area contributed by atoms with Crippen LogP contribution in [0.2, 0.25) is 0 Å². The zero-order valence-corrected chi connectivity index (χ0v) is 15.8. The first-order chi connectivity index (χ1) is 11.5. The van der Waals surface area contributed by atoms with Gasteiger partial charge in [0.15, 0.2) is 0 Å². The number of carbonyl (C=O) groups is 1. The zero-order valence-electron chi connectivity index (χ0n) is 13.4. The Labute approximate surface area is 152 Å². The molecule has 0 saturated carbocycles. The number of rotatable bonds is 4. The summed E-state index contributed by atoms with van der Waals surface area (Å²) in [4.78, 5) is 26.2. The van der Waals surface area contributed by atoms with Crippen LogP contribution in [-0.4, -0.2) is 10.5 Å². The van der Waals surface area contributed by atoms with Crippen molar-refractivity contribution in [1.82, 2.24) is 9.88 Å². The van der Waals surface area contributed by atoms with Crippen LogP contribution in [0, 0.1) is 6.92 Å². The molecule has 0 aliphatic heterocycles. The monoisotopic (exact) mass is 404 g/mol. The van der Waals surface area contributed by atoms with Crippen LogP contribution in [0.5, 0.6) is 0 Å². The minimum absolute atomic E-state index is 0.106. The second-order valence-corrected chi connectivity index (χ2v) is 7.56. The molecule has 3 aromatic rings. The average molecular weight is 405 g/mol. The van der Waals surface area contributed by atoms with E-state index in [0.717, 1.165) is 19.6 Å². The van der Waals surface area contributed by atoms with Crippen molar-refractivity contribution >= 4 is 43.3 Å². The Morgan fingerprint density at radius 2 is 2.04 bits per heavy atom. The van der Waals surface area contributed by atoms with Gasteiger partial charge in [0.25, 0.3) is 11.5 Å². The fourth-order valence-corrected chi connectivity index (χ4v) is 4.16. The molecule has 2 heterocycles. The lowest BCUT2D eigenvalue weighted by atomic mass is 10.1. The molecule has 4 nitrogen and oxygen atoms in total.